The van der Waals surface area contributed by atoms with Crippen molar-refractivity contribution in [1.82, 2.24) is 10.2 Å². The molecule has 0 spiro atoms. The zero-order chi connectivity index (χ0) is 22.2. The lowest BCUT2D eigenvalue weighted by molar-refractivity contribution is -0.143. The third-order valence-corrected chi connectivity index (χ3v) is 5.91. The molecule has 0 bridgehead atoms. The lowest BCUT2D eigenvalue weighted by Gasteiger charge is -2.31. The maximum absolute atomic E-state index is 13.2. The Morgan fingerprint density at radius 3 is 2.42 bits per heavy atom. The van der Waals surface area contributed by atoms with Crippen LogP contribution in [0.4, 0.5) is 0 Å². The van der Waals surface area contributed by atoms with Gasteiger partial charge in [-0.25, -0.2) is 0 Å². The topological polar surface area (TPSA) is 58.6 Å². The molecule has 1 aliphatic carbocycles. The number of hydrogen-bond acceptors (Lipinski definition) is 3. The van der Waals surface area contributed by atoms with Crippen LogP contribution in [0.5, 0.6) is 5.75 Å². The predicted octanol–water partition coefficient (Wildman–Crippen LogP) is 4.55. The van der Waals surface area contributed by atoms with Crippen LogP contribution in [-0.4, -0.2) is 35.4 Å². The quantitative estimate of drug-likeness (QED) is 0.645. The molecule has 2 amide bonds. The molecule has 0 saturated heterocycles. The third kappa shape index (κ3) is 6.58. The highest BCUT2D eigenvalue weighted by molar-refractivity contribution is 5.88. The first-order valence-electron chi connectivity index (χ1n) is 11.3. The molecule has 166 valence electrons. The van der Waals surface area contributed by atoms with Crippen LogP contribution in [0, 0.1) is 13.8 Å². The molecule has 1 fully saturated rings. The lowest BCUT2D eigenvalue weighted by Crippen LogP contribution is -2.52. The second-order valence-corrected chi connectivity index (χ2v) is 8.53. The van der Waals surface area contributed by atoms with Gasteiger partial charge in [0.25, 0.3) is 5.91 Å². The SMILES string of the molecule is CCC(C(=O)NC1CCCC1)N(Cc1ccc(C)cc1)C(=O)COc1cccc(C)c1. The molecule has 0 heterocycles. The summed E-state index contributed by atoms with van der Waals surface area (Å²) in [6.45, 7) is 6.26. The van der Waals surface area contributed by atoms with E-state index in [1.54, 1.807) is 4.90 Å². The van der Waals surface area contributed by atoms with Crippen LogP contribution in [-0.2, 0) is 16.1 Å². The molecule has 31 heavy (non-hydrogen) atoms. The van der Waals surface area contributed by atoms with Gasteiger partial charge in [0.15, 0.2) is 6.61 Å². The molecule has 1 atom stereocenters. The van der Waals surface area contributed by atoms with Crippen molar-refractivity contribution >= 4 is 11.8 Å². The first-order chi connectivity index (χ1) is 15.0. The van der Waals surface area contributed by atoms with E-state index in [0.29, 0.717) is 18.7 Å². The number of nitrogens with zero attached hydrogens (tertiary/aromatic N) is 1. The van der Waals surface area contributed by atoms with Crippen LogP contribution >= 0.6 is 0 Å². The molecule has 0 radical (unpaired) electrons. The zero-order valence-corrected chi connectivity index (χ0v) is 18.9. The molecule has 0 aliphatic heterocycles. The van der Waals surface area contributed by atoms with E-state index in [4.69, 9.17) is 4.74 Å². The Kier molecular flexibility index (Phi) is 8.10. The third-order valence-electron chi connectivity index (χ3n) is 5.91. The van der Waals surface area contributed by atoms with Gasteiger partial charge >= 0.3 is 0 Å². The second-order valence-electron chi connectivity index (χ2n) is 8.53. The average Bonchev–Trinajstić information content (AvgIpc) is 3.26. The highest BCUT2D eigenvalue weighted by atomic mass is 16.5. The fourth-order valence-corrected chi connectivity index (χ4v) is 4.11. The van der Waals surface area contributed by atoms with E-state index in [0.717, 1.165) is 42.4 Å². The van der Waals surface area contributed by atoms with Crippen molar-refractivity contribution in [3.63, 3.8) is 0 Å². The lowest BCUT2D eigenvalue weighted by atomic mass is 10.1. The van der Waals surface area contributed by atoms with Crippen molar-refractivity contribution in [2.24, 2.45) is 0 Å². The number of hydrogen-bond donors (Lipinski definition) is 1. The normalized spacial score (nSPS) is 14.8. The molecule has 3 rings (SSSR count). The Labute approximate surface area is 185 Å². The molecule has 1 aliphatic rings. The van der Waals surface area contributed by atoms with E-state index in [1.165, 1.54) is 0 Å². The van der Waals surface area contributed by atoms with E-state index < -0.39 is 6.04 Å². The summed E-state index contributed by atoms with van der Waals surface area (Å²) in [6.07, 6.45) is 4.89. The minimum absolute atomic E-state index is 0.0644. The highest BCUT2D eigenvalue weighted by Gasteiger charge is 2.30. The fourth-order valence-electron chi connectivity index (χ4n) is 4.11. The molecule has 5 heteroatoms. The summed E-state index contributed by atoms with van der Waals surface area (Å²) in [6, 6.07) is 15.4. The van der Waals surface area contributed by atoms with Gasteiger partial charge in [-0.05, 0) is 56.4 Å². The van der Waals surface area contributed by atoms with Crippen LogP contribution in [0.2, 0.25) is 0 Å². The molecule has 1 saturated carbocycles. The fraction of sp³-hybridized carbons (Fsp3) is 0.462. The van der Waals surface area contributed by atoms with Gasteiger partial charge in [-0.3, -0.25) is 9.59 Å². The molecular formula is C26H34N2O3. The van der Waals surface area contributed by atoms with Crippen molar-refractivity contribution in [3.05, 3.63) is 65.2 Å². The molecule has 1 N–H and O–H groups in total. The summed E-state index contributed by atoms with van der Waals surface area (Å²) < 4.78 is 5.77. The van der Waals surface area contributed by atoms with E-state index in [2.05, 4.69) is 5.32 Å². The van der Waals surface area contributed by atoms with Crippen LogP contribution in [0.25, 0.3) is 0 Å². The Morgan fingerprint density at radius 2 is 1.77 bits per heavy atom. The van der Waals surface area contributed by atoms with Crippen molar-refractivity contribution < 1.29 is 14.3 Å². The minimum Gasteiger partial charge on any atom is -0.484 e. The maximum Gasteiger partial charge on any atom is 0.261 e. The highest BCUT2D eigenvalue weighted by Crippen LogP contribution is 2.20. The molecule has 2 aromatic carbocycles. The van der Waals surface area contributed by atoms with Crippen LogP contribution in [0.15, 0.2) is 48.5 Å². The summed E-state index contributed by atoms with van der Waals surface area (Å²) in [5, 5.41) is 3.17. The molecular weight excluding hydrogens is 388 g/mol. The number of carbonyl (C=O) groups excluding carboxylic acids is 2. The number of amides is 2. The van der Waals surface area contributed by atoms with E-state index in [1.807, 2.05) is 69.3 Å². The number of benzene rings is 2. The van der Waals surface area contributed by atoms with Gasteiger partial charge in [-0.2, -0.15) is 0 Å². The smallest absolute Gasteiger partial charge is 0.261 e. The summed E-state index contributed by atoms with van der Waals surface area (Å²) in [4.78, 5) is 28.0. The van der Waals surface area contributed by atoms with Gasteiger partial charge in [-0.1, -0.05) is 61.7 Å². The van der Waals surface area contributed by atoms with Crippen molar-refractivity contribution in [2.75, 3.05) is 6.61 Å². The van der Waals surface area contributed by atoms with Crippen LogP contribution in [0.3, 0.4) is 0 Å². The minimum atomic E-state index is -0.518. The van der Waals surface area contributed by atoms with Gasteiger partial charge in [0, 0.05) is 12.6 Å². The second kappa shape index (κ2) is 11.0. The number of ether oxygens (including phenoxy) is 1. The van der Waals surface area contributed by atoms with Gasteiger partial charge in [0.1, 0.15) is 11.8 Å². The number of nitrogens with one attached hydrogen (secondary N) is 1. The predicted molar refractivity (Wildman–Crippen MR) is 123 cm³/mol. The maximum atomic E-state index is 13.2. The summed E-state index contributed by atoms with van der Waals surface area (Å²) >= 11 is 0. The molecule has 1 unspecified atom stereocenters. The number of carbonyl (C=O) groups is 2. The van der Waals surface area contributed by atoms with E-state index in [9.17, 15) is 9.59 Å². The first-order valence-corrected chi connectivity index (χ1v) is 11.3. The first kappa shape index (κ1) is 22.9. The monoisotopic (exact) mass is 422 g/mol. The van der Waals surface area contributed by atoms with Gasteiger partial charge < -0.3 is 15.0 Å². The summed E-state index contributed by atoms with van der Waals surface area (Å²) in [5.41, 5.74) is 3.24. The Morgan fingerprint density at radius 1 is 1.06 bits per heavy atom. The Balaban J connectivity index is 1.75. The van der Waals surface area contributed by atoms with Crippen molar-refractivity contribution in [2.45, 2.75) is 71.5 Å². The van der Waals surface area contributed by atoms with Crippen molar-refractivity contribution in [3.8, 4) is 5.75 Å². The van der Waals surface area contributed by atoms with Gasteiger partial charge in [0.05, 0.1) is 0 Å². The number of rotatable bonds is 9. The van der Waals surface area contributed by atoms with Crippen molar-refractivity contribution in [1.29, 1.82) is 0 Å². The van der Waals surface area contributed by atoms with Gasteiger partial charge in [-0.15, -0.1) is 0 Å². The molecule has 2 aromatic rings. The Hall–Kier alpha value is -2.82. The zero-order valence-electron chi connectivity index (χ0n) is 18.9. The number of aryl methyl sites for hydroxylation is 2. The largest absolute Gasteiger partial charge is 0.484 e. The van der Waals surface area contributed by atoms with Crippen LogP contribution < -0.4 is 10.1 Å². The standard InChI is InChI=1S/C26H34N2O3/c1-4-24(26(30)27-22-9-5-6-10-22)28(17-21-14-12-19(2)13-15-21)25(29)18-31-23-11-7-8-20(3)16-23/h7-8,11-16,22,24H,4-6,9-10,17-18H2,1-3H3,(H,27,30). The van der Waals surface area contributed by atoms with E-state index in [-0.39, 0.29) is 24.5 Å². The summed E-state index contributed by atoms with van der Waals surface area (Å²) in [5.74, 6) is 0.410. The van der Waals surface area contributed by atoms with E-state index >= 15 is 0 Å². The molecule has 0 aromatic heterocycles. The Bertz CT molecular complexity index is 872. The summed E-state index contributed by atoms with van der Waals surface area (Å²) in [7, 11) is 0. The van der Waals surface area contributed by atoms with Crippen LogP contribution in [0.1, 0.15) is 55.7 Å². The van der Waals surface area contributed by atoms with Gasteiger partial charge in [0.2, 0.25) is 5.91 Å². The molecule has 5 nitrogen and oxygen atoms in total. The average molecular weight is 423 g/mol.